The number of likely N-dealkylation sites (tertiary alicyclic amines) is 2. The fourth-order valence-electron chi connectivity index (χ4n) is 5.05. The molecule has 6 heteroatoms. The Balaban J connectivity index is 1.31. The number of amides is 2. The molecule has 2 saturated heterocycles. The fraction of sp³-hybridized carbons (Fsp3) is 0.538. The minimum atomic E-state index is -0.174. The first-order valence-corrected chi connectivity index (χ1v) is 11.8. The number of fused-ring (bicyclic) bond motifs is 1. The Kier molecular flexibility index (Phi) is 6.99. The Hall–Kier alpha value is -2.60. The molecule has 2 heterocycles. The highest BCUT2D eigenvalue weighted by atomic mass is 16.5. The number of piperidine rings is 1. The van der Waals surface area contributed by atoms with E-state index in [1.54, 1.807) is 7.11 Å². The molecular formula is C26H35N3O3. The average Bonchev–Trinajstić information content (AvgIpc) is 3.37. The predicted octanol–water partition coefficient (Wildman–Crippen LogP) is 3.53. The normalized spacial score (nSPS) is 18.7. The van der Waals surface area contributed by atoms with Gasteiger partial charge in [-0.05, 0) is 80.2 Å². The Morgan fingerprint density at radius 1 is 1.03 bits per heavy atom. The largest absolute Gasteiger partial charge is 0.497 e. The highest BCUT2D eigenvalue weighted by Gasteiger charge is 2.33. The summed E-state index contributed by atoms with van der Waals surface area (Å²) in [7, 11) is 3.55. The summed E-state index contributed by atoms with van der Waals surface area (Å²) in [5, 5.41) is 2.27. The van der Waals surface area contributed by atoms with Gasteiger partial charge in [0, 0.05) is 32.6 Å². The molecule has 0 bridgehead atoms. The van der Waals surface area contributed by atoms with Crippen LogP contribution in [-0.4, -0.2) is 72.9 Å². The summed E-state index contributed by atoms with van der Waals surface area (Å²) >= 11 is 0. The van der Waals surface area contributed by atoms with Gasteiger partial charge in [-0.25, -0.2) is 0 Å². The van der Waals surface area contributed by atoms with E-state index < -0.39 is 0 Å². The summed E-state index contributed by atoms with van der Waals surface area (Å²) < 4.78 is 5.30. The van der Waals surface area contributed by atoms with E-state index in [4.69, 9.17) is 4.74 Å². The number of hydrogen-bond donors (Lipinski definition) is 0. The number of benzene rings is 2. The molecule has 2 amide bonds. The molecule has 0 aromatic heterocycles. The number of hydrogen-bond acceptors (Lipinski definition) is 4. The molecule has 1 atom stereocenters. The maximum Gasteiger partial charge on any atom is 0.239 e. The lowest BCUT2D eigenvalue weighted by Gasteiger charge is -2.37. The fourth-order valence-corrected chi connectivity index (χ4v) is 5.05. The topological polar surface area (TPSA) is 53.1 Å². The number of rotatable bonds is 6. The molecule has 6 nitrogen and oxygen atoms in total. The van der Waals surface area contributed by atoms with Gasteiger partial charge < -0.3 is 14.5 Å². The average molecular weight is 438 g/mol. The number of carbonyl (C=O) groups is 2. The van der Waals surface area contributed by atoms with E-state index in [1.165, 1.54) is 0 Å². The maximum absolute atomic E-state index is 13.1. The molecule has 0 radical (unpaired) electrons. The van der Waals surface area contributed by atoms with E-state index in [2.05, 4.69) is 29.2 Å². The highest BCUT2D eigenvalue weighted by molar-refractivity contribution is 5.85. The van der Waals surface area contributed by atoms with Crippen molar-refractivity contribution in [1.29, 1.82) is 0 Å². The van der Waals surface area contributed by atoms with Crippen LogP contribution < -0.4 is 4.74 Å². The zero-order valence-electron chi connectivity index (χ0n) is 19.5. The molecule has 0 aliphatic carbocycles. The van der Waals surface area contributed by atoms with Crippen LogP contribution in [-0.2, 0) is 16.1 Å². The first-order chi connectivity index (χ1) is 15.5. The van der Waals surface area contributed by atoms with Crippen LogP contribution in [0.4, 0.5) is 0 Å². The molecule has 2 aliphatic rings. The summed E-state index contributed by atoms with van der Waals surface area (Å²) in [6.45, 7) is 6.02. The number of methoxy groups -OCH3 is 1. The van der Waals surface area contributed by atoms with Crippen LogP contribution in [0, 0.1) is 5.92 Å². The van der Waals surface area contributed by atoms with Crippen LogP contribution in [0.5, 0.6) is 5.75 Å². The van der Waals surface area contributed by atoms with Gasteiger partial charge >= 0.3 is 0 Å². The Morgan fingerprint density at radius 3 is 2.38 bits per heavy atom. The summed E-state index contributed by atoms with van der Waals surface area (Å²) in [5.74, 6) is 1.43. The van der Waals surface area contributed by atoms with Crippen molar-refractivity contribution in [3.05, 3.63) is 42.0 Å². The Bertz CT molecular complexity index is 962. The van der Waals surface area contributed by atoms with Gasteiger partial charge in [-0.1, -0.05) is 18.2 Å². The van der Waals surface area contributed by atoms with Gasteiger partial charge in [-0.15, -0.1) is 0 Å². The van der Waals surface area contributed by atoms with E-state index in [9.17, 15) is 9.59 Å². The van der Waals surface area contributed by atoms with Crippen molar-refractivity contribution in [2.75, 3.05) is 40.3 Å². The van der Waals surface area contributed by atoms with Crippen LogP contribution in [0.1, 0.15) is 38.2 Å². The van der Waals surface area contributed by atoms with Crippen LogP contribution in [0.25, 0.3) is 10.8 Å². The van der Waals surface area contributed by atoms with Gasteiger partial charge in [-0.3, -0.25) is 14.5 Å². The van der Waals surface area contributed by atoms with E-state index >= 15 is 0 Å². The molecule has 0 saturated carbocycles. The zero-order chi connectivity index (χ0) is 22.7. The molecule has 4 rings (SSSR count). The number of ether oxygens (including phenoxy) is 1. The molecule has 2 aromatic carbocycles. The molecule has 2 fully saturated rings. The number of carbonyl (C=O) groups excluding carboxylic acids is 2. The first-order valence-electron chi connectivity index (χ1n) is 11.8. The zero-order valence-corrected chi connectivity index (χ0v) is 19.5. The molecule has 2 aromatic rings. The highest BCUT2D eigenvalue weighted by Crippen LogP contribution is 2.25. The molecule has 0 N–H and O–H groups in total. The third-order valence-corrected chi connectivity index (χ3v) is 7.11. The van der Waals surface area contributed by atoms with Crippen molar-refractivity contribution in [2.24, 2.45) is 5.92 Å². The van der Waals surface area contributed by atoms with Crippen LogP contribution >= 0.6 is 0 Å². The summed E-state index contributed by atoms with van der Waals surface area (Å²) in [4.78, 5) is 31.9. The third-order valence-electron chi connectivity index (χ3n) is 7.11. The van der Waals surface area contributed by atoms with Crippen molar-refractivity contribution in [2.45, 2.75) is 45.2 Å². The minimum absolute atomic E-state index is 0.126. The van der Waals surface area contributed by atoms with E-state index in [-0.39, 0.29) is 17.9 Å². The summed E-state index contributed by atoms with van der Waals surface area (Å²) in [6.07, 6.45) is 3.97. The lowest BCUT2D eigenvalue weighted by molar-refractivity contribution is -0.138. The lowest BCUT2D eigenvalue weighted by atomic mass is 9.94. The van der Waals surface area contributed by atoms with E-state index in [0.29, 0.717) is 12.5 Å². The summed E-state index contributed by atoms with van der Waals surface area (Å²) in [5.41, 5.74) is 1.11. The molecule has 172 valence electrons. The summed E-state index contributed by atoms with van der Waals surface area (Å²) in [6, 6.07) is 12.2. The lowest BCUT2D eigenvalue weighted by Crippen LogP contribution is -2.50. The smallest absolute Gasteiger partial charge is 0.239 e. The SMILES string of the molecule is COc1ccc2cc(CN(C)C(=O)C(C)N3CCC(C(=O)N4CCCC4)CC3)ccc2c1. The quantitative estimate of drug-likeness (QED) is 0.694. The molecule has 0 spiro atoms. The van der Waals surface area contributed by atoms with Gasteiger partial charge in [0.2, 0.25) is 11.8 Å². The van der Waals surface area contributed by atoms with E-state index in [1.807, 2.05) is 35.9 Å². The van der Waals surface area contributed by atoms with Crippen LogP contribution in [0.15, 0.2) is 36.4 Å². The van der Waals surface area contributed by atoms with Gasteiger partial charge in [0.1, 0.15) is 5.75 Å². The molecule has 1 unspecified atom stereocenters. The van der Waals surface area contributed by atoms with Crippen molar-refractivity contribution in [3.8, 4) is 5.75 Å². The van der Waals surface area contributed by atoms with Gasteiger partial charge in [0.05, 0.1) is 13.2 Å². The van der Waals surface area contributed by atoms with Gasteiger partial charge in [0.25, 0.3) is 0 Å². The second-order valence-corrected chi connectivity index (χ2v) is 9.26. The Morgan fingerprint density at radius 2 is 1.69 bits per heavy atom. The Labute approximate surface area is 191 Å². The van der Waals surface area contributed by atoms with Crippen LogP contribution in [0.3, 0.4) is 0 Å². The third kappa shape index (κ3) is 4.90. The van der Waals surface area contributed by atoms with E-state index in [0.717, 1.165) is 73.9 Å². The van der Waals surface area contributed by atoms with Gasteiger partial charge in [-0.2, -0.15) is 0 Å². The minimum Gasteiger partial charge on any atom is -0.497 e. The number of likely N-dealkylation sites (N-methyl/N-ethyl adjacent to an activating group) is 1. The van der Waals surface area contributed by atoms with Crippen molar-refractivity contribution < 1.29 is 14.3 Å². The second kappa shape index (κ2) is 9.90. The monoisotopic (exact) mass is 437 g/mol. The van der Waals surface area contributed by atoms with Gasteiger partial charge in [0.15, 0.2) is 0 Å². The van der Waals surface area contributed by atoms with Crippen molar-refractivity contribution >= 4 is 22.6 Å². The molecule has 32 heavy (non-hydrogen) atoms. The van der Waals surface area contributed by atoms with Crippen LogP contribution in [0.2, 0.25) is 0 Å². The number of nitrogens with zero attached hydrogens (tertiary/aromatic N) is 3. The molecular weight excluding hydrogens is 402 g/mol. The predicted molar refractivity (Wildman–Crippen MR) is 127 cm³/mol. The second-order valence-electron chi connectivity index (χ2n) is 9.26. The maximum atomic E-state index is 13.1. The van der Waals surface area contributed by atoms with Crippen molar-refractivity contribution in [1.82, 2.24) is 14.7 Å². The van der Waals surface area contributed by atoms with Crippen molar-refractivity contribution in [3.63, 3.8) is 0 Å². The standard InChI is InChI=1S/C26H35N3O3/c1-19(28-14-10-21(11-15-28)26(31)29-12-4-5-13-29)25(30)27(2)18-20-6-7-23-17-24(32-3)9-8-22(23)16-20/h6-9,16-17,19,21H,4-5,10-15,18H2,1-3H3. The first kappa shape index (κ1) is 22.6. The molecule has 2 aliphatic heterocycles.